The highest BCUT2D eigenvalue weighted by Gasteiger charge is 2.28. The first-order chi connectivity index (χ1) is 6.93. The van der Waals surface area contributed by atoms with Crippen molar-refractivity contribution in [2.24, 2.45) is 5.92 Å². The van der Waals surface area contributed by atoms with Gasteiger partial charge in [0.25, 0.3) is 0 Å². The Kier molecular flexibility index (Phi) is 4.81. The molecule has 1 unspecified atom stereocenters. The van der Waals surface area contributed by atoms with Gasteiger partial charge >= 0.3 is 0 Å². The summed E-state index contributed by atoms with van der Waals surface area (Å²) < 4.78 is 6.21. The Bertz CT molecular complexity index is 181. The minimum absolute atomic E-state index is 0.360. The predicted molar refractivity (Wildman–Crippen MR) is 66.6 cm³/mol. The zero-order valence-corrected chi connectivity index (χ0v) is 11.8. The van der Waals surface area contributed by atoms with E-state index < -0.39 is 9.04 Å². The Labute approximate surface area is 95.8 Å². The number of rotatable bonds is 3. The molecule has 1 aliphatic carbocycles. The summed E-state index contributed by atoms with van der Waals surface area (Å²) in [7, 11) is -1.06. The fraction of sp³-hybridized carbons (Fsp3) is 1.00. The smallest absolute Gasteiger partial charge is 0.179 e. The molecule has 15 heavy (non-hydrogen) atoms. The van der Waals surface area contributed by atoms with E-state index in [-0.39, 0.29) is 0 Å². The van der Waals surface area contributed by atoms with Gasteiger partial charge in [-0.2, -0.15) is 0 Å². The second-order valence-corrected chi connectivity index (χ2v) is 9.26. The van der Waals surface area contributed by atoms with Gasteiger partial charge in [0.1, 0.15) is 0 Å². The molecule has 0 aromatic heterocycles. The molecule has 0 aliphatic heterocycles. The minimum atomic E-state index is -1.06. The van der Waals surface area contributed by atoms with Crippen LogP contribution in [-0.2, 0) is 4.43 Å². The largest absolute Gasteiger partial charge is 0.417 e. The van der Waals surface area contributed by atoms with Crippen molar-refractivity contribution in [3.63, 3.8) is 0 Å². The summed E-state index contributed by atoms with van der Waals surface area (Å²) in [6, 6.07) is 0. The normalized spacial score (nSPS) is 30.2. The average molecular weight is 230 g/mol. The van der Waals surface area contributed by atoms with Gasteiger partial charge in [0.15, 0.2) is 9.04 Å². The third kappa shape index (κ3) is 4.25. The molecule has 0 aromatic carbocycles. The second-order valence-electron chi connectivity index (χ2n) is 5.97. The van der Waals surface area contributed by atoms with Crippen LogP contribution in [0.3, 0.4) is 0 Å². The highest BCUT2D eigenvalue weighted by molar-refractivity contribution is 6.53. The summed E-state index contributed by atoms with van der Waals surface area (Å²) >= 11 is 0. The summed E-state index contributed by atoms with van der Waals surface area (Å²) in [6.07, 6.45) is 5.07. The van der Waals surface area contributed by atoms with Crippen molar-refractivity contribution in [2.75, 3.05) is 6.61 Å². The van der Waals surface area contributed by atoms with Crippen LogP contribution in [0.25, 0.3) is 0 Å². The summed E-state index contributed by atoms with van der Waals surface area (Å²) in [6.45, 7) is 9.51. The second kappa shape index (κ2) is 5.46. The first-order valence-corrected chi connectivity index (χ1v) is 8.40. The van der Waals surface area contributed by atoms with Gasteiger partial charge in [0.05, 0.1) is 0 Å². The van der Waals surface area contributed by atoms with Gasteiger partial charge in [-0.05, 0) is 43.2 Å². The summed E-state index contributed by atoms with van der Waals surface area (Å²) in [5, 5.41) is 9.43. The Hall–Kier alpha value is 0.137. The first kappa shape index (κ1) is 13.2. The van der Waals surface area contributed by atoms with Gasteiger partial charge in [-0.1, -0.05) is 20.8 Å². The van der Waals surface area contributed by atoms with E-state index in [1.54, 1.807) is 0 Å². The molecule has 3 heteroatoms. The third-order valence-corrected chi connectivity index (χ3v) is 6.90. The van der Waals surface area contributed by atoms with Crippen LogP contribution in [-0.4, -0.2) is 26.9 Å². The monoisotopic (exact) mass is 230 g/mol. The molecule has 0 bridgehead atoms. The van der Waals surface area contributed by atoms with Crippen LogP contribution in [0.1, 0.15) is 46.5 Å². The summed E-state index contributed by atoms with van der Waals surface area (Å²) in [5.74, 6) is 0.538. The van der Waals surface area contributed by atoms with Crippen LogP contribution in [0.5, 0.6) is 0 Å². The Balaban J connectivity index is 2.29. The number of hydrogen-bond donors (Lipinski definition) is 1. The first-order valence-electron chi connectivity index (χ1n) is 6.19. The van der Waals surface area contributed by atoms with Crippen molar-refractivity contribution in [3.05, 3.63) is 0 Å². The van der Waals surface area contributed by atoms with Gasteiger partial charge in [-0.15, -0.1) is 0 Å². The standard InChI is InChI=1S/C12H26O2Si/c1-12(2,3)15(4)14-11-7-5-10(9-13)6-8-11/h10-11,13,15H,5-9H2,1-4H3. The summed E-state index contributed by atoms with van der Waals surface area (Å²) in [5.41, 5.74) is 0. The minimum Gasteiger partial charge on any atom is -0.417 e. The maximum absolute atomic E-state index is 9.06. The van der Waals surface area contributed by atoms with Crippen molar-refractivity contribution in [1.29, 1.82) is 0 Å². The van der Waals surface area contributed by atoms with Crippen LogP contribution in [0, 0.1) is 5.92 Å². The van der Waals surface area contributed by atoms with Crippen LogP contribution < -0.4 is 0 Å². The van der Waals surface area contributed by atoms with Gasteiger partial charge in [-0.25, -0.2) is 0 Å². The van der Waals surface area contributed by atoms with Gasteiger partial charge in [0, 0.05) is 12.7 Å². The fourth-order valence-corrected chi connectivity index (χ4v) is 3.20. The predicted octanol–water partition coefficient (Wildman–Crippen LogP) is 2.71. The molecule has 1 rings (SSSR count). The van der Waals surface area contributed by atoms with Gasteiger partial charge < -0.3 is 9.53 Å². The zero-order chi connectivity index (χ0) is 11.5. The van der Waals surface area contributed by atoms with E-state index in [0.717, 1.165) is 25.7 Å². The lowest BCUT2D eigenvalue weighted by Gasteiger charge is -2.34. The summed E-state index contributed by atoms with van der Waals surface area (Å²) in [4.78, 5) is 0. The number of aliphatic hydroxyl groups is 1. The molecule has 0 amide bonds. The van der Waals surface area contributed by atoms with Crippen molar-refractivity contribution in [2.45, 2.75) is 64.1 Å². The highest BCUT2D eigenvalue weighted by Crippen LogP contribution is 2.32. The van der Waals surface area contributed by atoms with Crippen molar-refractivity contribution < 1.29 is 9.53 Å². The Morgan fingerprint density at radius 1 is 1.20 bits per heavy atom. The molecule has 1 fully saturated rings. The molecule has 2 nitrogen and oxygen atoms in total. The Morgan fingerprint density at radius 3 is 2.13 bits per heavy atom. The Morgan fingerprint density at radius 2 is 1.73 bits per heavy atom. The van der Waals surface area contributed by atoms with E-state index in [1.165, 1.54) is 0 Å². The molecule has 1 aliphatic rings. The average Bonchev–Trinajstić information content (AvgIpc) is 2.17. The van der Waals surface area contributed by atoms with Crippen molar-refractivity contribution >= 4 is 9.04 Å². The van der Waals surface area contributed by atoms with Crippen LogP contribution in [0.2, 0.25) is 11.6 Å². The van der Waals surface area contributed by atoms with Crippen molar-refractivity contribution in [1.82, 2.24) is 0 Å². The van der Waals surface area contributed by atoms with Gasteiger partial charge in [0.2, 0.25) is 0 Å². The van der Waals surface area contributed by atoms with Crippen LogP contribution in [0.15, 0.2) is 0 Å². The number of hydrogen-bond acceptors (Lipinski definition) is 2. The molecule has 0 heterocycles. The van der Waals surface area contributed by atoms with Crippen LogP contribution >= 0.6 is 0 Å². The lowest BCUT2D eigenvalue weighted by atomic mass is 9.88. The molecule has 1 atom stereocenters. The van der Waals surface area contributed by atoms with E-state index in [1.807, 2.05) is 0 Å². The lowest BCUT2D eigenvalue weighted by molar-refractivity contribution is 0.0996. The van der Waals surface area contributed by atoms with Crippen molar-refractivity contribution in [3.8, 4) is 0 Å². The maximum Gasteiger partial charge on any atom is 0.179 e. The molecule has 1 N–H and O–H groups in total. The molecule has 0 saturated heterocycles. The van der Waals surface area contributed by atoms with E-state index >= 15 is 0 Å². The number of aliphatic hydroxyl groups excluding tert-OH is 1. The van der Waals surface area contributed by atoms with E-state index in [0.29, 0.717) is 23.7 Å². The van der Waals surface area contributed by atoms with E-state index in [2.05, 4.69) is 27.3 Å². The molecule has 90 valence electrons. The molecule has 0 radical (unpaired) electrons. The van der Waals surface area contributed by atoms with E-state index in [9.17, 15) is 0 Å². The topological polar surface area (TPSA) is 29.5 Å². The molecule has 0 spiro atoms. The zero-order valence-electron chi connectivity index (χ0n) is 10.6. The quantitative estimate of drug-likeness (QED) is 0.755. The van der Waals surface area contributed by atoms with Gasteiger partial charge in [-0.3, -0.25) is 0 Å². The highest BCUT2D eigenvalue weighted by atomic mass is 28.3. The lowest BCUT2D eigenvalue weighted by Crippen LogP contribution is -2.33. The molecule has 1 saturated carbocycles. The molecular formula is C12H26O2Si. The van der Waals surface area contributed by atoms with Crippen LogP contribution in [0.4, 0.5) is 0 Å². The maximum atomic E-state index is 9.06. The fourth-order valence-electron chi connectivity index (χ4n) is 1.94. The third-order valence-electron chi connectivity index (χ3n) is 3.67. The molecule has 0 aromatic rings. The SMILES string of the molecule is C[SiH](OC1CCC(CO)CC1)C(C)(C)C. The van der Waals surface area contributed by atoms with E-state index in [4.69, 9.17) is 9.53 Å². The molecular weight excluding hydrogens is 204 g/mol.